The molecule has 0 aliphatic rings. The molecule has 0 aliphatic heterocycles. The lowest BCUT2D eigenvalue weighted by Crippen LogP contribution is -2.29. The molecule has 0 aromatic rings. The van der Waals surface area contributed by atoms with Gasteiger partial charge in [-0.3, -0.25) is 0 Å². The molecule has 0 spiro atoms. The Morgan fingerprint density at radius 3 is 1.78 bits per heavy atom. The first-order valence-corrected chi connectivity index (χ1v) is 7.31. The molecule has 0 saturated carbocycles. The van der Waals surface area contributed by atoms with E-state index in [0.29, 0.717) is 0 Å². The fourth-order valence-corrected chi connectivity index (χ4v) is 2.00. The molecule has 0 heterocycles. The predicted molar refractivity (Wildman–Crippen MR) is 77.7 cm³/mol. The van der Waals surface area contributed by atoms with Crippen LogP contribution in [-0.2, 0) is 0 Å². The molecule has 4 heteroatoms. The van der Waals surface area contributed by atoms with Crippen LogP contribution in [-0.4, -0.2) is 38.1 Å². The Bertz CT molecular complexity index is 195. The van der Waals surface area contributed by atoms with Gasteiger partial charge in [0.15, 0.2) is 0 Å². The number of primary amides is 1. The van der Waals surface area contributed by atoms with E-state index >= 15 is 0 Å². The standard InChI is InChI=1S/C14H31N3O/c1-17(2)13-11-9-7-5-3-4-6-8-10-12-16-14(15)18/h3-13H2,1-2H3,(H3,15,16,18). The first-order valence-electron chi connectivity index (χ1n) is 7.31. The Balaban J connectivity index is 2.97. The van der Waals surface area contributed by atoms with Gasteiger partial charge in [0.1, 0.15) is 0 Å². The highest BCUT2D eigenvalue weighted by atomic mass is 16.2. The predicted octanol–water partition coefficient (Wildman–Crippen LogP) is 2.73. The van der Waals surface area contributed by atoms with Crippen LogP contribution in [0.25, 0.3) is 0 Å². The van der Waals surface area contributed by atoms with Crippen LogP contribution in [0, 0.1) is 0 Å². The van der Waals surface area contributed by atoms with Gasteiger partial charge >= 0.3 is 6.03 Å². The maximum Gasteiger partial charge on any atom is 0.312 e. The molecule has 2 amide bonds. The van der Waals surface area contributed by atoms with Crippen LogP contribution in [0.15, 0.2) is 0 Å². The number of nitrogens with zero attached hydrogens (tertiary/aromatic N) is 1. The Labute approximate surface area is 112 Å². The number of nitrogens with two attached hydrogens (primary N) is 1. The van der Waals surface area contributed by atoms with Crippen molar-refractivity contribution in [1.82, 2.24) is 10.2 Å². The van der Waals surface area contributed by atoms with E-state index in [9.17, 15) is 4.79 Å². The molecule has 18 heavy (non-hydrogen) atoms. The highest BCUT2D eigenvalue weighted by Crippen LogP contribution is 2.09. The van der Waals surface area contributed by atoms with Crippen molar-refractivity contribution >= 4 is 6.03 Å². The number of unbranched alkanes of at least 4 members (excludes halogenated alkanes) is 8. The smallest absolute Gasteiger partial charge is 0.312 e. The van der Waals surface area contributed by atoms with Crippen LogP contribution in [0.4, 0.5) is 4.79 Å². The second-order valence-electron chi connectivity index (χ2n) is 5.28. The number of urea groups is 1. The monoisotopic (exact) mass is 257 g/mol. The topological polar surface area (TPSA) is 58.4 Å². The van der Waals surface area contributed by atoms with Gasteiger partial charge in [-0.05, 0) is 33.5 Å². The average Bonchev–Trinajstić information content (AvgIpc) is 2.29. The molecule has 3 N–H and O–H groups in total. The van der Waals surface area contributed by atoms with Gasteiger partial charge in [0, 0.05) is 6.54 Å². The fraction of sp³-hybridized carbons (Fsp3) is 0.929. The van der Waals surface area contributed by atoms with Crippen molar-refractivity contribution < 1.29 is 4.79 Å². The van der Waals surface area contributed by atoms with Crippen molar-refractivity contribution in [3.05, 3.63) is 0 Å². The summed E-state index contributed by atoms with van der Waals surface area (Å²) in [7, 11) is 4.26. The minimum Gasteiger partial charge on any atom is -0.352 e. The summed E-state index contributed by atoms with van der Waals surface area (Å²) >= 11 is 0. The van der Waals surface area contributed by atoms with Crippen LogP contribution >= 0.6 is 0 Å². The Morgan fingerprint density at radius 2 is 1.33 bits per heavy atom. The first-order chi connectivity index (χ1) is 8.63. The van der Waals surface area contributed by atoms with Crippen molar-refractivity contribution in [3.63, 3.8) is 0 Å². The van der Waals surface area contributed by atoms with Crippen molar-refractivity contribution in [2.24, 2.45) is 5.73 Å². The number of amides is 2. The van der Waals surface area contributed by atoms with E-state index in [1.807, 2.05) is 0 Å². The van der Waals surface area contributed by atoms with Crippen LogP contribution in [0.2, 0.25) is 0 Å². The normalized spacial score (nSPS) is 10.8. The largest absolute Gasteiger partial charge is 0.352 e. The molecule has 0 aromatic heterocycles. The van der Waals surface area contributed by atoms with E-state index in [2.05, 4.69) is 24.3 Å². The molecule has 0 bridgehead atoms. The molecule has 0 aliphatic carbocycles. The zero-order chi connectivity index (χ0) is 13.6. The second kappa shape index (κ2) is 12.7. The number of hydrogen-bond donors (Lipinski definition) is 2. The van der Waals surface area contributed by atoms with Gasteiger partial charge in [-0.15, -0.1) is 0 Å². The maximum atomic E-state index is 10.4. The van der Waals surface area contributed by atoms with Crippen LogP contribution in [0.1, 0.15) is 57.8 Å². The van der Waals surface area contributed by atoms with Crippen LogP contribution in [0.5, 0.6) is 0 Å². The SMILES string of the molecule is CN(C)CCCCCCCCCCCNC(N)=O. The quantitative estimate of drug-likeness (QED) is 0.528. The summed E-state index contributed by atoms with van der Waals surface area (Å²) in [5.74, 6) is 0. The lowest BCUT2D eigenvalue weighted by molar-refractivity contribution is 0.248. The van der Waals surface area contributed by atoms with Crippen molar-refractivity contribution in [2.45, 2.75) is 57.8 Å². The van der Waals surface area contributed by atoms with Crippen LogP contribution < -0.4 is 11.1 Å². The minimum atomic E-state index is -0.410. The zero-order valence-corrected chi connectivity index (χ0v) is 12.2. The summed E-state index contributed by atoms with van der Waals surface area (Å²) in [6.07, 6.45) is 11.6. The van der Waals surface area contributed by atoms with Gasteiger partial charge in [0.05, 0.1) is 0 Å². The van der Waals surface area contributed by atoms with Crippen molar-refractivity contribution in [2.75, 3.05) is 27.2 Å². The maximum absolute atomic E-state index is 10.4. The summed E-state index contributed by atoms with van der Waals surface area (Å²) in [5, 5.41) is 2.61. The lowest BCUT2D eigenvalue weighted by Gasteiger charge is -2.08. The molecule has 0 atom stereocenters. The molecular weight excluding hydrogens is 226 g/mol. The third kappa shape index (κ3) is 15.2. The first kappa shape index (κ1) is 17.2. The Morgan fingerprint density at radius 1 is 0.889 bits per heavy atom. The number of nitrogens with one attached hydrogen (secondary N) is 1. The van der Waals surface area contributed by atoms with Gasteiger partial charge in [-0.2, -0.15) is 0 Å². The van der Waals surface area contributed by atoms with Gasteiger partial charge in [0.2, 0.25) is 0 Å². The molecule has 0 rings (SSSR count). The molecule has 0 radical (unpaired) electrons. The number of rotatable bonds is 12. The van der Waals surface area contributed by atoms with E-state index in [1.165, 1.54) is 57.9 Å². The third-order valence-electron chi connectivity index (χ3n) is 3.08. The van der Waals surface area contributed by atoms with E-state index < -0.39 is 6.03 Å². The number of hydrogen-bond acceptors (Lipinski definition) is 2. The second-order valence-corrected chi connectivity index (χ2v) is 5.28. The Kier molecular flexibility index (Phi) is 12.1. The zero-order valence-electron chi connectivity index (χ0n) is 12.2. The Hall–Kier alpha value is -0.770. The summed E-state index contributed by atoms with van der Waals surface area (Å²) in [6, 6.07) is -0.410. The van der Waals surface area contributed by atoms with Gasteiger partial charge in [-0.25, -0.2) is 4.79 Å². The summed E-state index contributed by atoms with van der Waals surface area (Å²) in [5.41, 5.74) is 4.98. The summed E-state index contributed by atoms with van der Waals surface area (Å²) in [6.45, 7) is 1.94. The molecule has 0 saturated heterocycles. The molecule has 108 valence electrons. The average molecular weight is 257 g/mol. The molecule has 0 unspecified atom stereocenters. The summed E-state index contributed by atoms with van der Waals surface area (Å²) in [4.78, 5) is 12.7. The molecule has 0 aromatic carbocycles. The van der Waals surface area contributed by atoms with Gasteiger partial charge < -0.3 is 16.0 Å². The van der Waals surface area contributed by atoms with E-state index in [-0.39, 0.29) is 0 Å². The summed E-state index contributed by atoms with van der Waals surface area (Å²) < 4.78 is 0. The van der Waals surface area contributed by atoms with E-state index in [1.54, 1.807) is 0 Å². The van der Waals surface area contributed by atoms with E-state index in [4.69, 9.17) is 5.73 Å². The lowest BCUT2D eigenvalue weighted by atomic mass is 10.1. The van der Waals surface area contributed by atoms with Gasteiger partial charge in [0.25, 0.3) is 0 Å². The number of carbonyl (C=O) groups is 1. The minimum absolute atomic E-state index is 0.410. The van der Waals surface area contributed by atoms with E-state index in [0.717, 1.165) is 13.0 Å². The van der Waals surface area contributed by atoms with Crippen LogP contribution in [0.3, 0.4) is 0 Å². The fourth-order valence-electron chi connectivity index (χ4n) is 2.00. The van der Waals surface area contributed by atoms with Gasteiger partial charge in [-0.1, -0.05) is 44.9 Å². The van der Waals surface area contributed by atoms with Crippen molar-refractivity contribution in [3.8, 4) is 0 Å². The molecule has 4 nitrogen and oxygen atoms in total. The van der Waals surface area contributed by atoms with Crippen molar-refractivity contribution in [1.29, 1.82) is 0 Å². The number of carbonyl (C=O) groups excluding carboxylic acids is 1. The third-order valence-corrected chi connectivity index (χ3v) is 3.08. The highest BCUT2D eigenvalue weighted by molar-refractivity contribution is 5.71. The molecular formula is C14H31N3O. The molecule has 0 fully saturated rings. The highest BCUT2D eigenvalue weighted by Gasteiger charge is 1.94.